The zero-order valence-electron chi connectivity index (χ0n) is 10.4. The van der Waals surface area contributed by atoms with E-state index in [1.807, 2.05) is 12.1 Å². The van der Waals surface area contributed by atoms with Crippen LogP contribution in [-0.2, 0) is 16.0 Å². The molecular formula is C13H16BrNO3S. The fourth-order valence-corrected chi connectivity index (χ4v) is 3.09. The number of aliphatic carboxylic acids is 1. The monoisotopic (exact) mass is 345 g/mol. The number of amides is 1. The molecule has 0 aliphatic carbocycles. The molecule has 0 saturated carbocycles. The van der Waals surface area contributed by atoms with Gasteiger partial charge in [-0.05, 0) is 47.3 Å². The Labute approximate surface area is 124 Å². The first-order valence-electron chi connectivity index (χ1n) is 5.90. The van der Waals surface area contributed by atoms with Crippen LogP contribution < -0.4 is 5.32 Å². The predicted octanol–water partition coefficient (Wildman–Crippen LogP) is 2.98. The van der Waals surface area contributed by atoms with Crippen LogP contribution in [0.15, 0.2) is 28.6 Å². The maximum absolute atomic E-state index is 11.6. The van der Waals surface area contributed by atoms with Crippen LogP contribution in [0.4, 0.5) is 0 Å². The van der Waals surface area contributed by atoms with E-state index >= 15 is 0 Å². The lowest BCUT2D eigenvalue weighted by atomic mass is 10.1. The Bertz CT molecular complexity index is 458. The molecule has 4 nitrogen and oxygen atoms in total. The minimum Gasteiger partial charge on any atom is -0.480 e. The van der Waals surface area contributed by atoms with Crippen LogP contribution in [-0.4, -0.2) is 23.0 Å². The number of hydrogen-bond donors (Lipinski definition) is 2. The highest BCUT2D eigenvalue weighted by molar-refractivity contribution is 9.11. The molecule has 0 radical (unpaired) electrons. The highest BCUT2D eigenvalue weighted by atomic mass is 79.9. The van der Waals surface area contributed by atoms with Gasteiger partial charge in [-0.2, -0.15) is 0 Å². The zero-order chi connectivity index (χ0) is 14.3. The van der Waals surface area contributed by atoms with Gasteiger partial charge in [0.15, 0.2) is 0 Å². The predicted molar refractivity (Wildman–Crippen MR) is 79.3 cm³/mol. The summed E-state index contributed by atoms with van der Waals surface area (Å²) in [6.45, 7) is 3.48. The number of nitrogens with one attached hydrogen (secondary N) is 1. The Morgan fingerprint density at radius 1 is 1.53 bits per heavy atom. The molecule has 0 spiro atoms. The summed E-state index contributed by atoms with van der Waals surface area (Å²) in [5.41, 5.74) is 0. The van der Waals surface area contributed by atoms with E-state index in [0.29, 0.717) is 12.8 Å². The highest BCUT2D eigenvalue weighted by Crippen LogP contribution is 2.23. The summed E-state index contributed by atoms with van der Waals surface area (Å²) in [6.07, 6.45) is 3.58. The second-order valence-electron chi connectivity index (χ2n) is 4.04. The minimum absolute atomic E-state index is 0.232. The fraction of sp³-hybridized carbons (Fsp3) is 0.385. The number of carbonyl (C=O) groups excluding carboxylic acids is 1. The van der Waals surface area contributed by atoms with E-state index in [1.54, 1.807) is 11.3 Å². The van der Waals surface area contributed by atoms with Crippen LogP contribution in [0.5, 0.6) is 0 Å². The van der Waals surface area contributed by atoms with E-state index in [0.717, 1.165) is 10.2 Å². The molecule has 1 rings (SSSR count). The first-order chi connectivity index (χ1) is 9.02. The van der Waals surface area contributed by atoms with Crippen molar-refractivity contribution in [3.63, 3.8) is 0 Å². The number of hydrogen-bond acceptors (Lipinski definition) is 3. The zero-order valence-corrected chi connectivity index (χ0v) is 12.8. The van der Waals surface area contributed by atoms with Gasteiger partial charge < -0.3 is 10.4 Å². The van der Waals surface area contributed by atoms with Crippen LogP contribution in [0.3, 0.4) is 0 Å². The molecule has 0 aliphatic heterocycles. The average molecular weight is 346 g/mol. The van der Waals surface area contributed by atoms with Crippen molar-refractivity contribution in [1.82, 2.24) is 5.32 Å². The normalized spacial score (nSPS) is 11.8. The van der Waals surface area contributed by atoms with E-state index in [2.05, 4.69) is 27.8 Å². The largest absolute Gasteiger partial charge is 0.480 e. The van der Waals surface area contributed by atoms with Gasteiger partial charge in [-0.1, -0.05) is 6.08 Å². The number of carbonyl (C=O) groups is 2. The van der Waals surface area contributed by atoms with Gasteiger partial charge >= 0.3 is 5.97 Å². The van der Waals surface area contributed by atoms with Crippen molar-refractivity contribution in [3.8, 4) is 0 Å². The number of carboxylic acids is 1. The number of halogens is 1. The van der Waals surface area contributed by atoms with Gasteiger partial charge in [0.25, 0.3) is 0 Å². The smallest absolute Gasteiger partial charge is 0.326 e. The maximum atomic E-state index is 11.6. The van der Waals surface area contributed by atoms with Crippen LogP contribution >= 0.6 is 27.3 Å². The Morgan fingerprint density at radius 3 is 2.79 bits per heavy atom. The van der Waals surface area contributed by atoms with Crippen molar-refractivity contribution < 1.29 is 14.7 Å². The average Bonchev–Trinajstić information content (AvgIpc) is 2.74. The summed E-state index contributed by atoms with van der Waals surface area (Å²) in [5, 5.41) is 11.4. The lowest BCUT2D eigenvalue weighted by Crippen LogP contribution is -2.40. The van der Waals surface area contributed by atoms with Gasteiger partial charge in [0.1, 0.15) is 6.04 Å². The topological polar surface area (TPSA) is 66.4 Å². The van der Waals surface area contributed by atoms with E-state index < -0.39 is 12.0 Å². The van der Waals surface area contributed by atoms with Crippen LogP contribution in [0.1, 0.15) is 24.1 Å². The summed E-state index contributed by atoms with van der Waals surface area (Å²) in [6, 6.07) is 3.12. The molecule has 2 N–H and O–H groups in total. The van der Waals surface area contributed by atoms with Crippen LogP contribution in [0, 0.1) is 0 Å². The van der Waals surface area contributed by atoms with Crippen molar-refractivity contribution in [3.05, 3.63) is 33.5 Å². The summed E-state index contributed by atoms with van der Waals surface area (Å²) in [5.74, 6) is -1.26. The Hall–Kier alpha value is -1.14. The van der Waals surface area contributed by atoms with E-state index in [-0.39, 0.29) is 12.3 Å². The molecule has 1 aromatic heterocycles. The molecule has 19 heavy (non-hydrogen) atoms. The lowest BCUT2D eigenvalue weighted by molar-refractivity contribution is -0.141. The maximum Gasteiger partial charge on any atom is 0.326 e. The molecule has 1 amide bonds. The second kappa shape index (κ2) is 8.12. The fourth-order valence-electron chi connectivity index (χ4n) is 1.56. The molecule has 1 aromatic rings. The van der Waals surface area contributed by atoms with Gasteiger partial charge in [-0.15, -0.1) is 17.9 Å². The van der Waals surface area contributed by atoms with Gasteiger partial charge in [0.2, 0.25) is 5.91 Å². The van der Waals surface area contributed by atoms with Crippen LogP contribution in [0.2, 0.25) is 0 Å². The number of thiophene rings is 1. The molecule has 1 unspecified atom stereocenters. The highest BCUT2D eigenvalue weighted by Gasteiger charge is 2.17. The number of aryl methyl sites for hydroxylation is 1. The van der Waals surface area contributed by atoms with E-state index in [4.69, 9.17) is 5.11 Å². The Morgan fingerprint density at radius 2 is 2.26 bits per heavy atom. The SMILES string of the molecule is C=CCC(NC(=O)CCCc1ccc(Br)s1)C(=O)O. The van der Waals surface area contributed by atoms with Crippen LogP contribution in [0.25, 0.3) is 0 Å². The molecule has 104 valence electrons. The van der Waals surface area contributed by atoms with Crippen molar-refractivity contribution >= 4 is 39.1 Å². The van der Waals surface area contributed by atoms with Crippen molar-refractivity contribution in [2.24, 2.45) is 0 Å². The first-order valence-corrected chi connectivity index (χ1v) is 7.51. The molecular weight excluding hydrogens is 330 g/mol. The Kier molecular flexibility index (Phi) is 6.80. The third-order valence-corrected chi connectivity index (χ3v) is 4.17. The molecule has 0 saturated heterocycles. The molecule has 1 heterocycles. The van der Waals surface area contributed by atoms with Crippen molar-refractivity contribution in [1.29, 1.82) is 0 Å². The summed E-state index contributed by atoms with van der Waals surface area (Å²) < 4.78 is 1.07. The van der Waals surface area contributed by atoms with E-state index in [9.17, 15) is 9.59 Å². The third kappa shape index (κ3) is 6.02. The van der Waals surface area contributed by atoms with E-state index in [1.165, 1.54) is 11.0 Å². The van der Waals surface area contributed by atoms with Crippen molar-refractivity contribution in [2.75, 3.05) is 0 Å². The quantitative estimate of drug-likeness (QED) is 0.711. The summed E-state index contributed by atoms with van der Waals surface area (Å²) in [4.78, 5) is 23.7. The molecule has 6 heteroatoms. The minimum atomic E-state index is -1.03. The second-order valence-corrected chi connectivity index (χ2v) is 6.59. The molecule has 0 aromatic carbocycles. The summed E-state index contributed by atoms with van der Waals surface area (Å²) >= 11 is 5.03. The number of rotatable bonds is 8. The van der Waals surface area contributed by atoms with Gasteiger partial charge in [0.05, 0.1) is 3.79 Å². The van der Waals surface area contributed by atoms with Gasteiger partial charge in [-0.25, -0.2) is 4.79 Å². The molecule has 0 bridgehead atoms. The summed E-state index contributed by atoms with van der Waals surface area (Å²) in [7, 11) is 0. The third-order valence-electron chi connectivity index (χ3n) is 2.49. The van der Waals surface area contributed by atoms with Gasteiger partial charge in [-0.3, -0.25) is 4.79 Å². The van der Waals surface area contributed by atoms with Gasteiger partial charge in [0, 0.05) is 11.3 Å². The first kappa shape index (κ1) is 15.9. The Balaban J connectivity index is 2.30. The standard InChI is InChI=1S/C13H16BrNO3S/c1-2-4-10(13(17)18)15-12(16)6-3-5-9-7-8-11(14)19-9/h2,7-8,10H,1,3-6H2,(H,15,16)(H,17,18). The number of carboxylic acid groups (broad SMARTS) is 1. The molecule has 0 fully saturated rings. The molecule has 0 aliphatic rings. The molecule has 1 atom stereocenters. The van der Waals surface area contributed by atoms with Crippen molar-refractivity contribution in [2.45, 2.75) is 31.7 Å². The lowest BCUT2D eigenvalue weighted by Gasteiger charge is -2.12.